The van der Waals surface area contributed by atoms with Crippen LogP contribution in [-0.2, 0) is 4.79 Å². The van der Waals surface area contributed by atoms with Gasteiger partial charge >= 0.3 is 0 Å². The standard InChI is InChI=1S/C21H25N3O2/c1-15(2)12-20(25)18-4-3-11-24(14-18)21(26)17-5-6-19(23-13-17)16-7-9-22-10-8-16/h5-10,13,15,18H,3-4,11-12,14H2,1-2H3. The summed E-state index contributed by atoms with van der Waals surface area (Å²) in [5.41, 5.74) is 2.35. The van der Waals surface area contributed by atoms with Crippen molar-refractivity contribution in [2.45, 2.75) is 33.1 Å². The summed E-state index contributed by atoms with van der Waals surface area (Å²) in [7, 11) is 0. The van der Waals surface area contributed by atoms with Crippen molar-refractivity contribution >= 4 is 11.7 Å². The van der Waals surface area contributed by atoms with Crippen molar-refractivity contribution < 1.29 is 9.59 Å². The average Bonchev–Trinajstić information content (AvgIpc) is 2.68. The lowest BCUT2D eigenvalue weighted by Gasteiger charge is -2.32. The van der Waals surface area contributed by atoms with Gasteiger partial charge in [0, 0.05) is 49.6 Å². The van der Waals surface area contributed by atoms with Crippen molar-refractivity contribution in [1.29, 1.82) is 0 Å². The van der Waals surface area contributed by atoms with Gasteiger partial charge in [-0.1, -0.05) is 13.8 Å². The van der Waals surface area contributed by atoms with E-state index in [2.05, 4.69) is 23.8 Å². The number of amides is 1. The summed E-state index contributed by atoms with van der Waals surface area (Å²) in [5.74, 6) is 0.571. The molecular weight excluding hydrogens is 326 g/mol. The molecule has 1 unspecified atom stereocenters. The lowest BCUT2D eigenvalue weighted by molar-refractivity contribution is -0.124. The van der Waals surface area contributed by atoms with Crippen molar-refractivity contribution in [2.24, 2.45) is 11.8 Å². The van der Waals surface area contributed by atoms with E-state index in [1.54, 1.807) is 23.5 Å². The fraction of sp³-hybridized carbons (Fsp3) is 0.429. The second-order valence-electron chi connectivity index (χ2n) is 7.32. The van der Waals surface area contributed by atoms with Crippen LogP contribution in [0.5, 0.6) is 0 Å². The topological polar surface area (TPSA) is 63.2 Å². The van der Waals surface area contributed by atoms with Crippen LogP contribution in [0.2, 0.25) is 0 Å². The van der Waals surface area contributed by atoms with Gasteiger partial charge in [-0.3, -0.25) is 19.6 Å². The molecule has 0 saturated carbocycles. The Hall–Kier alpha value is -2.56. The van der Waals surface area contributed by atoms with Crippen LogP contribution in [0.3, 0.4) is 0 Å². The molecule has 0 aromatic carbocycles. The van der Waals surface area contributed by atoms with Crippen LogP contribution in [0.25, 0.3) is 11.3 Å². The largest absolute Gasteiger partial charge is 0.338 e. The zero-order valence-corrected chi connectivity index (χ0v) is 15.4. The number of carbonyl (C=O) groups excluding carboxylic acids is 2. The van der Waals surface area contributed by atoms with Crippen LogP contribution in [0.1, 0.15) is 43.5 Å². The van der Waals surface area contributed by atoms with Crippen molar-refractivity contribution in [3.63, 3.8) is 0 Å². The molecule has 1 fully saturated rings. The van der Waals surface area contributed by atoms with Crippen molar-refractivity contribution in [3.05, 3.63) is 48.4 Å². The predicted molar refractivity (Wildman–Crippen MR) is 101 cm³/mol. The average molecular weight is 351 g/mol. The number of hydrogen-bond acceptors (Lipinski definition) is 4. The molecule has 0 spiro atoms. The summed E-state index contributed by atoms with van der Waals surface area (Å²) in [6.45, 7) is 5.34. The molecule has 1 aliphatic rings. The van der Waals surface area contributed by atoms with Crippen LogP contribution >= 0.6 is 0 Å². The SMILES string of the molecule is CC(C)CC(=O)C1CCCN(C(=O)c2ccc(-c3ccncc3)nc2)C1. The quantitative estimate of drug-likeness (QED) is 0.825. The Labute approximate surface area is 154 Å². The van der Waals surface area contributed by atoms with Gasteiger partial charge in [-0.15, -0.1) is 0 Å². The van der Waals surface area contributed by atoms with E-state index in [9.17, 15) is 9.59 Å². The van der Waals surface area contributed by atoms with Crippen LogP contribution < -0.4 is 0 Å². The minimum atomic E-state index is -0.0409. The molecule has 2 aromatic rings. The van der Waals surface area contributed by atoms with Gasteiger partial charge in [-0.25, -0.2) is 0 Å². The Bertz CT molecular complexity index is 757. The summed E-state index contributed by atoms with van der Waals surface area (Å²) in [4.78, 5) is 35.4. The molecular formula is C21H25N3O2. The first-order valence-electron chi connectivity index (χ1n) is 9.23. The fourth-order valence-electron chi connectivity index (χ4n) is 3.39. The van der Waals surface area contributed by atoms with E-state index in [0.717, 1.165) is 24.1 Å². The summed E-state index contributed by atoms with van der Waals surface area (Å²) in [6, 6.07) is 7.44. The molecule has 1 atom stereocenters. The number of ketones is 1. The van der Waals surface area contributed by atoms with Crippen molar-refractivity contribution in [3.8, 4) is 11.3 Å². The minimum absolute atomic E-state index is 0.0286. The molecule has 3 rings (SSSR count). The van der Waals surface area contributed by atoms with Gasteiger partial charge in [0.1, 0.15) is 5.78 Å². The Morgan fingerprint density at radius 3 is 2.62 bits per heavy atom. The molecule has 0 radical (unpaired) electrons. The van der Waals surface area contributed by atoms with E-state index in [1.807, 2.05) is 24.3 Å². The molecule has 26 heavy (non-hydrogen) atoms. The van der Waals surface area contributed by atoms with E-state index in [0.29, 0.717) is 31.0 Å². The summed E-state index contributed by atoms with van der Waals surface area (Å²) >= 11 is 0. The zero-order valence-electron chi connectivity index (χ0n) is 15.4. The predicted octanol–water partition coefficient (Wildman–Crippen LogP) is 3.61. The third-order valence-corrected chi connectivity index (χ3v) is 4.76. The highest BCUT2D eigenvalue weighted by Gasteiger charge is 2.29. The Morgan fingerprint density at radius 1 is 1.19 bits per heavy atom. The molecule has 136 valence electrons. The summed E-state index contributed by atoms with van der Waals surface area (Å²) < 4.78 is 0. The second-order valence-corrected chi connectivity index (χ2v) is 7.32. The highest BCUT2D eigenvalue weighted by molar-refractivity contribution is 5.94. The first kappa shape index (κ1) is 18.2. The zero-order chi connectivity index (χ0) is 18.5. The number of nitrogens with zero attached hydrogens (tertiary/aromatic N) is 3. The number of hydrogen-bond donors (Lipinski definition) is 0. The maximum absolute atomic E-state index is 12.8. The van der Waals surface area contributed by atoms with Gasteiger partial charge < -0.3 is 4.90 Å². The molecule has 5 nitrogen and oxygen atoms in total. The molecule has 1 saturated heterocycles. The lowest BCUT2D eigenvalue weighted by atomic mass is 9.89. The Morgan fingerprint density at radius 2 is 1.96 bits per heavy atom. The molecule has 1 amide bonds. The van der Waals surface area contributed by atoms with Crippen LogP contribution in [0.15, 0.2) is 42.9 Å². The summed E-state index contributed by atoms with van der Waals surface area (Å²) in [6.07, 6.45) is 7.42. The number of pyridine rings is 2. The van der Waals surface area contributed by atoms with E-state index < -0.39 is 0 Å². The molecule has 0 N–H and O–H groups in total. The van der Waals surface area contributed by atoms with E-state index in [4.69, 9.17) is 0 Å². The molecule has 1 aliphatic heterocycles. The fourth-order valence-corrected chi connectivity index (χ4v) is 3.39. The smallest absolute Gasteiger partial charge is 0.255 e. The van der Waals surface area contributed by atoms with Gasteiger partial charge in [0.2, 0.25) is 0 Å². The monoisotopic (exact) mass is 351 g/mol. The van der Waals surface area contributed by atoms with Crippen molar-refractivity contribution in [2.75, 3.05) is 13.1 Å². The van der Waals surface area contributed by atoms with Gasteiger partial charge in [-0.2, -0.15) is 0 Å². The second kappa shape index (κ2) is 8.21. The normalized spacial score (nSPS) is 17.3. The van der Waals surface area contributed by atoms with Gasteiger partial charge in [-0.05, 0) is 43.0 Å². The molecule has 2 aromatic heterocycles. The number of carbonyl (C=O) groups is 2. The third-order valence-electron chi connectivity index (χ3n) is 4.76. The summed E-state index contributed by atoms with van der Waals surface area (Å²) in [5, 5.41) is 0. The number of likely N-dealkylation sites (tertiary alicyclic amines) is 1. The lowest BCUT2D eigenvalue weighted by Crippen LogP contribution is -2.42. The van der Waals surface area contributed by atoms with Crippen LogP contribution in [0.4, 0.5) is 0 Å². The Balaban J connectivity index is 1.68. The highest BCUT2D eigenvalue weighted by Crippen LogP contribution is 2.22. The molecule has 0 bridgehead atoms. The number of Topliss-reactive ketones (excluding diaryl/α,β-unsaturated/α-hetero) is 1. The van der Waals surface area contributed by atoms with Crippen LogP contribution in [-0.4, -0.2) is 39.6 Å². The maximum atomic E-state index is 12.8. The molecule has 5 heteroatoms. The number of rotatable bonds is 5. The number of piperidine rings is 1. The van der Waals surface area contributed by atoms with E-state index >= 15 is 0 Å². The first-order valence-corrected chi connectivity index (χ1v) is 9.23. The van der Waals surface area contributed by atoms with Gasteiger partial charge in [0.05, 0.1) is 11.3 Å². The molecule has 0 aliphatic carbocycles. The molecule has 3 heterocycles. The van der Waals surface area contributed by atoms with Gasteiger partial charge in [0.25, 0.3) is 5.91 Å². The third kappa shape index (κ3) is 4.34. The maximum Gasteiger partial charge on any atom is 0.255 e. The van der Waals surface area contributed by atoms with Crippen LogP contribution in [0, 0.1) is 11.8 Å². The van der Waals surface area contributed by atoms with Crippen molar-refractivity contribution in [1.82, 2.24) is 14.9 Å². The van der Waals surface area contributed by atoms with E-state index in [1.165, 1.54) is 0 Å². The first-order chi connectivity index (χ1) is 12.5. The number of aromatic nitrogens is 2. The van der Waals surface area contributed by atoms with E-state index in [-0.39, 0.29) is 17.6 Å². The minimum Gasteiger partial charge on any atom is -0.338 e. The Kier molecular flexibility index (Phi) is 5.76. The van der Waals surface area contributed by atoms with Gasteiger partial charge in [0.15, 0.2) is 0 Å². The highest BCUT2D eigenvalue weighted by atomic mass is 16.2.